The van der Waals surface area contributed by atoms with Crippen LogP contribution < -0.4 is 5.32 Å². The molecule has 1 saturated heterocycles. The van der Waals surface area contributed by atoms with E-state index in [1.807, 2.05) is 17.9 Å². The number of rotatable bonds is 6. The third-order valence-electron chi connectivity index (χ3n) is 2.98. The lowest BCUT2D eigenvalue weighted by Gasteiger charge is -2.17. The third kappa shape index (κ3) is 3.28. The number of ether oxygens (including phenoxy) is 2. The molecule has 0 bridgehead atoms. The summed E-state index contributed by atoms with van der Waals surface area (Å²) < 4.78 is 12.9. The SMILES string of the molecule is CCCn1cc(C(CC2OCCO2)NC)cn1. The van der Waals surface area contributed by atoms with Gasteiger partial charge in [0.25, 0.3) is 0 Å². The summed E-state index contributed by atoms with van der Waals surface area (Å²) in [4.78, 5) is 0. The summed E-state index contributed by atoms with van der Waals surface area (Å²) in [5, 5.41) is 7.63. The quantitative estimate of drug-likeness (QED) is 0.813. The summed E-state index contributed by atoms with van der Waals surface area (Å²) in [5.41, 5.74) is 1.19. The molecule has 96 valence electrons. The maximum Gasteiger partial charge on any atom is 0.159 e. The average molecular weight is 239 g/mol. The van der Waals surface area contributed by atoms with Crippen molar-refractivity contribution in [3.8, 4) is 0 Å². The van der Waals surface area contributed by atoms with Crippen molar-refractivity contribution in [3.63, 3.8) is 0 Å². The lowest BCUT2D eigenvalue weighted by molar-refractivity contribution is -0.0526. The Kier molecular flexibility index (Phi) is 4.53. The molecule has 1 unspecified atom stereocenters. The Morgan fingerprint density at radius 1 is 1.53 bits per heavy atom. The van der Waals surface area contributed by atoms with Crippen LogP contribution in [0.15, 0.2) is 12.4 Å². The molecule has 5 nitrogen and oxygen atoms in total. The van der Waals surface area contributed by atoms with Crippen molar-refractivity contribution in [3.05, 3.63) is 18.0 Å². The lowest BCUT2D eigenvalue weighted by atomic mass is 10.1. The maximum atomic E-state index is 5.47. The van der Waals surface area contributed by atoms with Gasteiger partial charge in [0.2, 0.25) is 0 Å². The molecule has 2 rings (SSSR count). The Balaban J connectivity index is 1.95. The Hall–Kier alpha value is -0.910. The fourth-order valence-corrected chi connectivity index (χ4v) is 2.07. The van der Waals surface area contributed by atoms with Crippen LogP contribution in [-0.4, -0.2) is 36.3 Å². The van der Waals surface area contributed by atoms with Crippen molar-refractivity contribution < 1.29 is 9.47 Å². The zero-order chi connectivity index (χ0) is 12.1. The second-order valence-corrected chi connectivity index (χ2v) is 4.28. The molecule has 1 aromatic rings. The third-order valence-corrected chi connectivity index (χ3v) is 2.98. The number of aromatic nitrogens is 2. The summed E-state index contributed by atoms with van der Waals surface area (Å²) in [5.74, 6) is 0. The number of aryl methyl sites for hydroxylation is 1. The van der Waals surface area contributed by atoms with Crippen LogP contribution in [0.4, 0.5) is 0 Å². The minimum absolute atomic E-state index is 0.0815. The van der Waals surface area contributed by atoms with Crippen molar-refractivity contribution in [2.24, 2.45) is 0 Å². The Morgan fingerprint density at radius 2 is 2.29 bits per heavy atom. The fourth-order valence-electron chi connectivity index (χ4n) is 2.07. The van der Waals surface area contributed by atoms with Crippen molar-refractivity contribution >= 4 is 0 Å². The van der Waals surface area contributed by atoms with Gasteiger partial charge in [-0.1, -0.05) is 6.92 Å². The summed E-state index contributed by atoms with van der Waals surface area (Å²) >= 11 is 0. The topological polar surface area (TPSA) is 48.3 Å². The highest BCUT2D eigenvalue weighted by Gasteiger charge is 2.22. The van der Waals surface area contributed by atoms with E-state index in [0.717, 1.165) is 19.4 Å². The highest BCUT2D eigenvalue weighted by molar-refractivity contribution is 5.10. The summed E-state index contributed by atoms with van der Waals surface area (Å²) in [6.07, 6.45) is 5.86. The zero-order valence-electron chi connectivity index (χ0n) is 10.6. The molecule has 1 aliphatic heterocycles. The molecule has 1 aliphatic rings. The standard InChI is InChI=1S/C12H21N3O2/c1-3-4-15-9-10(8-14-15)11(13-2)7-12-16-5-6-17-12/h8-9,11-13H,3-7H2,1-2H3. The molecule has 0 spiro atoms. The van der Waals surface area contributed by atoms with E-state index in [1.54, 1.807) is 0 Å². The molecular weight excluding hydrogens is 218 g/mol. The van der Waals surface area contributed by atoms with Gasteiger partial charge in [0, 0.05) is 30.8 Å². The summed E-state index contributed by atoms with van der Waals surface area (Å²) in [7, 11) is 1.96. The highest BCUT2D eigenvalue weighted by atomic mass is 16.7. The van der Waals surface area contributed by atoms with E-state index in [-0.39, 0.29) is 12.3 Å². The van der Waals surface area contributed by atoms with Gasteiger partial charge in [0.15, 0.2) is 6.29 Å². The predicted octanol–water partition coefficient (Wildman–Crippen LogP) is 1.32. The van der Waals surface area contributed by atoms with Crippen molar-refractivity contribution in [2.75, 3.05) is 20.3 Å². The van der Waals surface area contributed by atoms with Crippen molar-refractivity contribution in [2.45, 2.75) is 38.6 Å². The second-order valence-electron chi connectivity index (χ2n) is 4.28. The Bertz CT molecular complexity index is 334. The minimum atomic E-state index is -0.0815. The van der Waals surface area contributed by atoms with E-state index < -0.39 is 0 Å². The predicted molar refractivity (Wildman–Crippen MR) is 64.6 cm³/mol. The van der Waals surface area contributed by atoms with Crippen LogP contribution in [0, 0.1) is 0 Å². The highest BCUT2D eigenvalue weighted by Crippen LogP contribution is 2.21. The van der Waals surface area contributed by atoms with Crippen LogP contribution in [-0.2, 0) is 16.0 Å². The molecule has 5 heteroatoms. The van der Waals surface area contributed by atoms with E-state index in [4.69, 9.17) is 9.47 Å². The molecule has 0 aliphatic carbocycles. The summed E-state index contributed by atoms with van der Waals surface area (Å²) in [6, 6.07) is 0.240. The Morgan fingerprint density at radius 3 is 2.94 bits per heavy atom. The number of hydrogen-bond acceptors (Lipinski definition) is 4. The normalized spacial score (nSPS) is 18.7. The van der Waals surface area contributed by atoms with Gasteiger partial charge in [-0.2, -0.15) is 5.10 Å². The average Bonchev–Trinajstić information content (AvgIpc) is 2.97. The van der Waals surface area contributed by atoms with Gasteiger partial charge >= 0.3 is 0 Å². The first-order valence-corrected chi connectivity index (χ1v) is 6.26. The molecular formula is C12H21N3O2. The van der Waals surface area contributed by atoms with E-state index in [2.05, 4.69) is 23.5 Å². The first-order valence-electron chi connectivity index (χ1n) is 6.26. The van der Waals surface area contributed by atoms with Crippen LogP contribution >= 0.6 is 0 Å². The van der Waals surface area contributed by atoms with Gasteiger partial charge < -0.3 is 14.8 Å². The maximum absolute atomic E-state index is 5.47. The van der Waals surface area contributed by atoms with Gasteiger partial charge in [-0.15, -0.1) is 0 Å². The molecule has 17 heavy (non-hydrogen) atoms. The van der Waals surface area contributed by atoms with Gasteiger partial charge in [-0.25, -0.2) is 0 Å². The first-order chi connectivity index (χ1) is 8.33. The van der Waals surface area contributed by atoms with Gasteiger partial charge in [0.05, 0.1) is 19.4 Å². The van der Waals surface area contributed by atoms with Crippen LogP contribution in [0.25, 0.3) is 0 Å². The van der Waals surface area contributed by atoms with Crippen molar-refractivity contribution in [1.29, 1.82) is 0 Å². The van der Waals surface area contributed by atoms with Gasteiger partial charge in [-0.3, -0.25) is 4.68 Å². The molecule has 1 aromatic heterocycles. The molecule has 0 amide bonds. The summed E-state index contributed by atoms with van der Waals surface area (Å²) in [6.45, 7) is 4.52. The van der Waals surface area contributed by atoms with Crippen LogP contribution in [0.5, 0.6) is 0 Å². The number of nitrogens with one attached hydrogen (secondary N) is 1. The van der Waals surface area contributed by atoms with Crippen LogP contribution in [0.2, 0.25) is 0 Å². The fraction of sp³-hybridized carbons (Fsp3) is 0.750. The largest absolute Gasteiger partial charge is 0.350 e. The molecule has 2 heterocycles. The van der Waals surface area contributed by atoms with Crippen LogP contribution in [0.1, 0.15) is 31.4 Å². The number of nitrogens with zero attached hydrogens (tertiary/aromatic N) is 2. The molecule has 0 saturated carbocycles. The van der Waals surface area contributed by atoms with Gasteiger partial charge in [-0.05, 0) is 13.5 Å². The van der Waals surface area contributed by atoms with Gasteiger partial charge in [0.1, 0.15) is 0 Å². The molecule has 1 N–H and O–H groups in total. The Labute approximate surface area is 102 Å². The second kappa shape index (κ2) is 6.14. The lowest BCUT2D eigenvalue weighted by Crippen LogP contribution is -2.22. The van der Waals surface area contributed by atoms with Crippen molar-refractivity contribution in [1.82, 2.24) is 15.1 Å². The zero-order valence-corrected chi connectivity index (χ0v) is 10.6. The molecule has 0 radical (unpaired) electrons. The molecule has 1 atom stereocenters. The van der Waals surface area contributed by atoms with E-state index in [9.17, 15) is 0 Å². The minimum Gasteiger partial charge on any atom is -0.350 e. The van der Waals surface area contributed by atoms with E-state index >= 15 is 0 Å². The molecule has 0 aromatic carbocycles. The smallest absolute Gasteiger partial charge is 0.159 e. The first kappa shape index (κ1) is 12.5. The van der Waals surface area contributed by atoms with E-state index in [0.29, 0.717) is 13.2 Å². The van der Waals surface area contributed by atoms with Crippen LogP contribution in [0.3, 0.4) is 0 Å². The van der Waals surface area contributed by atoms with E-state index in [1.165, 1.54) is 5.56 Å². The number of hydrogen-bond donors (Lipinski definition) is 1. The molecule has 1 fully saturated rings. The monoisotopic (exact) mass is 239 g/mol.